The Morgan fingerprint density at radius 1 is 1.24 bits per heavy atom. The van der Waals surface area contributed by atoms with E-state index in [2.05, 4.69) is 10.1 Å². The molecule has 1 aromatic carbocycles. The van der Waals surface area contributed by atoms with Crippen molar-refractivity contribution in [3.8, 4) is 5.75 Å². The van der Waals surface area contributed by atoms with Crippen molar-refractivity contribution in [1.29, 1.82) is 0 Å². The Hall–Kier alpha value is -3.26. The zero-order valence-electron chi connectivity index (χ0n) is 16.5. The molecule has 7 nitrogen and oxygen atoms in total. The Labute approximate surface area is 172 Å². The van der Waals surface area contributed by atoms with E-state index in [-0.39, 0.29) is 5.91 Å². The minimum atomic E-state index is -0.149. The molecule has 0 radical (unpaired) electrons. The number of aromatic nitrogens is 4. The molecule has 8 heteroatoms. The lowest BCUT2D eigenvalue weighted by atomic mass is 10.3. The van der Waals surface area contributed by atoms with E-state index in [9.17, 15) is 4.79 Å². The molecule has 0 N–H and O–H groups in total. The molecule has 0 atom stereocenters. The number of fused-ring (bicyclic) bond motifs is 1. The lowest BCUT2D eigenvalue weighted by Crippen LogP contribution is -2.32. The zero-order chi connectivity index (χ0) is 20.4. The molecule has 4 aromatic rings. The van der Waals surface area contributed by atoms with E-state index in [1.54, 1.807) is 22.9 Å². The van der Waals surface area contributed by atoms with E-state index in [0.29, 0.717) is 23.9 Å². The van der Waals surface area contributed by atoms with Crippen LogP contribution in [0.1, 0.15) is 28.8 Å². The normalized spacial score (nSPS) is 11.0. The summed E-state index contributed by atoms with van der Waals surface area (Å²) in [7, 11) is 1.62. The molecule has 0 aliphatic heterocycles. The van der Waals surface area contributed by atoms with Gasteiger partial charge in [-0.05, 0) is 44.2 Å². The van der Waals surface area contributed by atoms with Gasteiger partial charge in [0.25, 0.3) is 5.91 Å². The van der Waals surface area contributed by atoms with Crippen LogP contribution in [0.15, 0.2) is 48.7 Å². The van der Waals surface area contributed by atoms with Crippen LogP contribution in [0.4, 0.5) is 5.13 Å². The van der Waals surface area contributed by atoms with Crippen molar-refractivity contribution >= 4 is 32.6 Å². The van der Waals surface area contributed by atoms with Crippen molar-refractivity contribution in [1.82, 2.24) is 19.7 Å². The number of methoxy groups -OCH3 is 1. The van der Waals surface area contributed by atoms with E-state index in [1.807, 2.05) is 56.3 Å². The van der Waals surface area contributed by atoms with Gasteiger partial charge in [-0.25, -0.2) is 4.98 Å². The second-order valence-electron chi connectivity index (χ2n) is 6.53. The summed E-state index contributed by atoms with van der Waals surface area (Å²) < 4.78 is 8.01. The third kappa shape index (κ3) is 3.84. The molecule has 1 amide bonds. The Kier molecular flexibility index (Phi) is 5.26. The maximum atomic E-state index is 13.5. The van der Waals surface area contributed by atoms with Crippen LogP contribution in [0.3, 0.4) is 0 Å². The van der Waals surface area contributed by atoms with Gasteiger partial charge >= 0.3 is 0 Å². The Morgan fingerprint density at radius 3 is 2.83 bits per heavy atom. The number of amides is 1. The number of thiazole rings is 1. The Bertz CT molecular complexity index is 1150. The summed E-state index contributed by atoms with van der Waals surface area (Å²) in [5.74, 6) is 0.584. The molecule has 4 rings (SSSR count). The van der Waals surface area contributed by atoms with Gasteiger partial charge in [-0.15, -0.1) is 0 Å². The molecule has 0 unspecified atom stereocenters. The van der Waals surface area contributed by atoms with Crippen molar-refractivity contribution in [2.75, 3.05) is 12.0 Å². The van der Waals surface area contributed by atoms with Gasteiger partial charge in [0.15, 0.2) is 5.13 Å². The van der Waals surface area contributed by atoms with Crippen LogP contribution >= 0.6 is 11.3 Å². The smallest absolute Gasteiger partial charge is 0.278 e. The van der Waals surface area contributed by atoms with Crippen LogP contribution < -0.4 is 9.64 Å². The molecule has 0 spiro atoms. The zero-order valence-corrected chi connectivity index (χ0v) is 17.3. The van der Waals surface area contributed by atoms with Gasteiger partial charge in [0.05, 0.1) is 35.3 Å². The van der Waals surface area contributed by atoms with Crippen molar-refractivity contribution in [3.05, 3.63) is 65.7 Å². The summed E-state index contributed by atoms with van der Waals surface area (Å²) in [6, 6.07) is 13.2. The highest BCUT2D eigenvalue weighted by Gasteiger charge is 2.25. The molecule has 0 aliphatic carbocycles. The fraction of sp³-hybridized carbons (Fsp3) is 0.238. The third-order valence-electron chi connectivity index (χ3n) is 4.53. The van der Waals surface area contributed by atoms with Crippen LogP contribution in [-0.2, 0) is 13.1 Å². The molecule has 0 bridgehead atoms. The number of hydrogen-bond acceptors (Lipinski definition) is 6. The number of carbonyl (C=O) groups excluding carboxylic acids is 1. The van der Waals surface area contributed by atoms with E-state index in [4.69, 9.17) is 9.72 Å². The molecular weight excluding hydrogens is 386 g/mol. The fourth-order valence-corrected chi connectivity index (χ4v) is 4.06. The Balaban J connectivity index is 1.78. The number of benzene rings is 1. The number of nitrogens with zero attached hydrogens (tertiary/aromatic N) is 5. The van der Waals surface area contributed by atoms with Crippen molar-refractivity contribution < 1.29 is 9.53 Å². The fourth-order valence-electron chi connectivity index (χ4n) is 3.11. The van der Waals surface area contributed by atoms with Crippen molar-refractivity contribution in [2.45, 2.75) is 26.9 Å². The number of anilines is 1. The highest BCUT2D eigenvalue weighted by Crippen LogP contribution is 2.32. The maximum absolute atomic E-state index is 13.5. The molecule has 29 heavy (non-hydrogen) atoms. The average molecular weight is 407 g/mol. The predicted octanol–water partition coefficient (Wildman–Crippen LogP) is 4.07. The monoisotopic (exact) mass is 407 g/mol. The van der Waals surface area contributed by atoms with E-state index in [0.717, 1.165) is 27.4 Å². The molecule has 0 saturated heterocycles. The number of pyridine rings is 1. The van der Waals surface area contributed by atoms with Crippen molar-refractivity contribution in [2.24, 2.45) is 0 Å². The van der Waals surface area contributed by atoms with Crippen LogP contribution in [0.5, 0.6) is 5.75 Å². The van der Waals surface area contributed by atoms with E-state index in [1.165, 1.54) is 11.3 Å². The van der Waals surface area contributed by atoms with Gasteiger partial charge in [0, 0.05) is 18.8 Å². The number of aryl methyl sites for hydroxylation is 2. The topological polar surface area (TPSA) is 73.1 Å². The predicted molar refractivity (Wildman–Crippen MR) is 114 cm³/mol. The van der Waals surface area contributed by atoms with Gasteiger partial charge in [0.2, 0.25) is 0 Å². The van der Waals surface area contributed by atoms with Gasteiger partial charge in [0.1, 0.15) is 11.4 Å². The van der Waals surface area contributed by atoms with Gasteiger partial charge in [-0.1, -0.05) is 17.4 Å². The first-order valence-corrected chi connectivity index (χ1v) is 10.1. The molecular formula is C21H21N5O2S. The maximum Gasteiger partial charge on any atom is 0.278 e. The van der Waals surface area contributed by atoms with Gasteiger partial charge < -0.3 is 4.74 Å². The van der Waals surface area contributed by atoms with E-state index < -0.39 is 0 Å². The van der Waals surface area contributed by atoms with Gasteiger partial charge in [-0.2, -0.15) is 5.10 Å². The lowest BCUT2D eigenvalue weighted by Gasteiger charge is -2.19. The highest BCUT2D eigenvalue weighted by atomic mass is 32.1. The quantitative estimate of drug-likeness (QED) is 0.482. The summed E-state index contributed by atoms with van der Waals surface area (Å²) in [4.78, 5) is 24.3. The second-order valence-corrected chi connectivity index (χ2v) is 7.54. The Morgan fingerprint density at radius 2 is 2.10 bits per heavy atom. The lowest BCUT2D eigenvalue weighted by molar-refractivity contribution is 0.0974. The first-order valence-electron chi connectivity index (χ1n) is 9.30. The third-order valence-corrected chi connectivity index (χ3v) is 5.59. The van der Waals surface area contributed by atoms with Crippen LogP contribution in [-0.4, -0.2) is 32.8 Å². The first kappa shape index (κ1) is 19.1. The summed E-state index contributed by atoms with van der Waals surface area (Å²) in [5, 5.41) is 5.03. The molecule has 148 valence electrons. The SMILES string of the molecule is CCn1nc(C)cc1C(=O)N(Cc1ccccn1)c1nc2cc(OC)ccc2s1. The van der Waals surface area contributed by atoms with Crippen LogP contribution in [0.25, 0.3) is 10.2 Å². The summed E-state index contributed by atoms with van der Waals surface area (Å²) >= 11 is 1.47. The molecule has 3 heterocycles. The number of hydrogen-bond donors (Lipinski definition) is 0. The molecule has 0 fully saturated rings. The average Bonchev–Trinajstić information content (AvgIpc) is 3.34. The van der Waals surface area contributed by atoms with Crippen LogP contribution in [0.2, 0.25) is 0 Å². The largest absolute Gasteiger partial charge is 0.497 e. The molecule has 0 saturated carbocycles. The molecule has 3 aromatic heterocycles. The van der Waals surface area contributed by atoms with Crippen molar-refractivity contribution in [3.63, 3.8) is 0 Å². The van der Waals surface area contributed by atoms with Gasteiger partial charge in [-0.3, -0.25) is 19.4 Å². The minimum Gasteiger partial charge on any atom is -0.497 e. The van der Waals surface area contributed by atoms with Crippen LogP contribution in [0, 0.1) is 6.92 Å². The molecule has 0 aliphatic rings. The minimum absolute atomic E-state index is 0.149. The summed E-state index contributed by atoms with van der Waals surface area (Å²) in [6.07, 6.45) is 1.72. The highest BCUT2D eigenvalue weighted by molar-refractivity contribution is 7.22. The standard InChI is InChI=1S/C21H21N5O2S/c1-4-26-18(11-14(2)24-26)20(27)25(13-15-7-5-6-10-22-15)21-23-17-12-16(28-3)8-9-19(17)29-21/h5-12H,4,13H2,1-3H3. The summed E-state index contributed by atoms with van der Waals surface area (Å²) in [5.41, 5.74) is 2.93. The number of ether oxygens (including phenoxy) is 1. The van der Waals surface area contributed by atoms with E-state index >= 15 is 0 Å². The number of carbonyl (C=O) groups is 1. The summed E-state index contributed by atoms with van der Waals surface area (Å²) in [6.45, 7) is 4.79. The first-order chi connectivity index (χ1) is 14.1. The second kappa shape index (κ2) is 8.00. The number of rotatable bonds is 6.